The van der Waals surface area contributed by atoms with E-state index in [-0.39, 0.29) is 11.9 Å². The van der Waals surface area contributed by atoms with Crippen molar-refractivity contribution in [1.29, 1.82) is 0 Å². The van der Waals surface area contributed by atoms with Crippen molar-refractivity contribution in [3.63, 3.8) is 0 Å². The van der Waals surface area contributed by atoms with Gasteiger partial charge in [0, 0.05) is 18.2 Å². The topological polar surface area (TPSA) is 55.6 Å². The molecule has 4 heteroatoms. The van der Waals surface area contributed by atoms with Crippen LogP contribution in [0, 0.1) is 0 Å². The zero-order valence-corrected chi connectivity index (χ0v) is 12.3. The highest BCUT2D eigenvalue weighted by Crippen LogP contribution is 2.31. The summed E-state index contributed by atoms with van der Waals surface area (Å²) in [4.78, 5) is 14.4. The molecule has 0 aromatic heterocycles. The Morgan fingerprint density at radius 1 is 1.45 bits per heavy atom. The second kappa shape index (κ2) is 6.75. The number of hydrogen-bond acceptors (Lipinski definition) is 3. The third kappa shape index (κ3) is 3.51. The van der Waals surface area contributed by atoms with Crippen molar-refractivity contribution >= 4 is 5.91 Å². The van der Waals surface area contributed by atoms with E-state index in [2.05, 4.69) is 6.92 Å². The molecule has 1 saturated carbocycles. The number of benzene rings is 1. The van der Waals surface area contributed by atoms with Crippen molar-refractivity contribution in [3.05, 3.63) is 29.8 Å². The summed E-state index contributed by atoms with van der Waals surface area (Å²) in [7, 11) is 1.66. The van der Waals surface area contributed by atoms with Gasteiger partial charge in [0.25, 0.3) is 0 Å². The highest BCUT2D eigenvalue weighted by atomic mass is 16.5. The number of ether oxygens (including phenoxy) is 1. The SMILES string of the molecule is CCC[C@H](N)C(=O)N(Cc1ccccc1OC)C1CC1. The number of methoxy groups -OCH3 is 1. The molecule has 0 radical (unpaired) electrons. The van der Waals surface area contributed by atoms with Crippen LogP contribution in [0.15, 0.2) is 24.3 Å². The zero-order chi connectivity index (χ0) is 14.5. The van der Waals surface area contributed by atoms with E-state index in [9.17, 15) is 4.79 Å². The first-order valence-corrected chi connectivity index (χ1v) is 7.35. The minimum Gasteiger partial charge on any atom is -0.496 e. The van der Waals surface area contributed by atoms with Gasteiger partial charge in [-0.25, -0.2) is 0 Å². The number of rotatable bonds is 7. The molecule has 0 unspecified atom stereocenters. The van der Waals surface area contributed by atoms with E-state index >= 15 is 0 Å². The molecular formula is C16H24N2O2. The molecule has 2 N–H and O–H groups in total. The standard InChI is InChI=1S/C16H24N2O2/c1-3-6-14(17)16(19)18(13-9-10-13)11-12-7-4-5-8-15(12)20-2/h4-5,7-8,13-14H,3,6,9-11,17H2,1-2H3/t14-/m0/s1. The molecule has 1 aromatic rings. The Balaban J connectivity index is 2.11. The van der Waals surface area contributed by atoms with Gasteiger partial charge in [-0.2, -0.15) is 0 Å². The molecule has 1 fully saturated rings. The fourth-order valence-electron chi connectivity index (χ4n) is 2.44. The number of nitrogens with two attached hydrogens (primary N) is 1. The number of para-hydroxylation sites is 1. The highest BCUT2D eigenvalue weighted by Gasteiger charge is 2.34. The smallest absolute Gasteiger partial charge is 0.240 e. The Bertz CT molecular complexity index is 458. The molecule has 0 heterocycles. The Morgan fingerprint density at radius 3 is 2.75 bits per heavy atom. The molecule has 1 aliphatic rings. The fourth-order valence-corrected chi connectivity index (χ4v) is 2.44. The molecule has 0 aliphatic heterocycles. The molecule has 1 atom stereocenters. The lowest BCUT2D eigenvalue weighted by Gasteiger charge is -2.26. The van der Waals surface area contributed by atoms with E-state index in [1.807, 2.05) is 29.2 Å². The van der Waals surface area contributed by atoms with Crippen molar-refractivity contribution in [2.24, 2.45) is 5.73 Å². The summed E-state index contributed by atoms with van der Waals surface area (Å²) < 4.78 is 5.36. The first-order chi connectivity index (χ1) is 9.67. The fraction of sp³-hybridized carbons (Fsp3) is 0.562. The number of hydrogen-bond donors (Lipinski definition) is 1. The van der Waals surface area contributed by atoms with E-state index in [1.54, 1.807) is 7.11 Å². The number of carbonyl (C=O) groups excluding carboxylic acids is 1. The van der Waals surface area contributed by atoms with Crippen LogP contribution in [-0.4, -0.2) is 30.0 Å². The van der Waals surface area contributed by atoms with Crippen LogP contribution < -0.4 is 10.5 Å². The van der Waals surface area contributed by atoms with Crippen molar-refractivity contribution in [2.75, 3.05) is 7.11 Å². The lowest BCUT2D eigenvalue weighted by Crippen LogP contribution is -2.44. The summed E-state index contributed by atoms with van der Waals surface area (Å²) in [6.07, 6.45) is 3.84. The van der Waals surface area contributed by atoms with Gasteiger partial charge in [0.05, 0.1) is 13.2 Å². The second-order valence-corrected chi connectivity index (χ2v) is 5.40. The molecule has 110 valence electrons. The Kier molecular flexibility index (Phi) is 5.01. The summed E-state index contributed by atoms with van der Waals surface area (Å²) >= 11 is 0. The molecule has 20 heavy (non-hydrogen) atoms. The monoisotopic (exact) mass is 276 g/mol. The normalized spacial score (nSPS) is 15.8. The predicted octanol–water partition coefficient (Wildman–Crippen LogP) is 2.31. The molecule has 0 bridgehead atoms. The summed E-state index contributed by atoms with van der Waals surface area (Å²) in [5.74, 6) is 0.898. The van der Waals surface area contributed by atoms with Crippen LogP contribution >= 0.6 is 0 Å². The van der Waals surface area contributed by atoms with Crippen molar-refractivity contribution in [3.8, 4) is 5.75 Å². The second-order valence-electron chi connectivity index (χ2n) is 5.40. The van der Waals surface area contributed by atoms with Crippen LogP contribution in [0.2, 0.25) is 0 Å². The molecule has 4 nitrogen and oxygen atoms in total. The lowest BCUT2D eigenvalue weighted by molar-refractivity contribution is -0.134. The summed E-state index contributed by atoms with van der Waals surface area (Å²) in [6, 6.07) is 7.82. The number of nitrogens with zero attached hydrogens (tertiary/aromatic N) is 1. The first-order valence-electron chi connectivity index (χ1n) is 7.35. The largest absolute Gasteiger partial charge is 0.496 e. The van der Waals surface area contributed by atoms with E-state index in [0.29, 0.717) is 12.6 Å². The third-order valence-corrected chi connectivity index (χ3v) is 3.72. The molecule has 1 amide bonds. The van der Waals surface area contributed by atoms with Crippen molar-refractivity contribution < 1.29 is 9.53 Å². The molecule has 1 aromatic carbocycles. The average molecular weight is 276 g/mol. The molecular weight excluding hydrogens is 252 g/mol. The summed E-state index contributed by atoms with van der Waals surface area (Å²) in [5, 5.41) is 0. The highest BCUT2D eigenvalue weighted by molar-refractivity contribution is 5.82. The maximum atomic E-state index is 12.5. The average Bonchev–Trinajstić information content (AvgIpc) is 3.29. The minimum atomic E-state index is -0.379. The van der Waals surface area contributed by atoms with Crippen molar-refractivity contribution in [1.82, 2.24) is 4.90 Å². The Labute approximate surface area is 120 Å². The van der Waals surface area contributed by atoms with Crippen molar-refractivity contribution in [2.45, 2.75) is 51.2 Å². The van der Waals surface area contributed by atoms with Gasteiger partial charge >= 0.3 is 0 Å². The maximum Gasteiger partial charge on any atom is 0.240 e. The zero-order valence-electron chi connectivity index (χ0n) is 12.3. The molecule has 0 saturated heterocycles. The molecule has 0 spiro atoms. The van der Waals surface area contributed by atoms with Crippen LogP contribution in [0.3, 0.4) is 0 Å². The number of carbonyl (C=O) groups is 1. The Hall–Kier alpha value is -1.55. The van der Waals surface area contributed by atoms with Gasteiger partial charge in [-0.3, -0.25) is 4.79 Å². The van der Waals surface area contributed by atoms with Crippen LogP contribution in [0.4, 0.5) is 0 Å². The van der Waals surface area contributed by atoms with E-state index in [0.717, 1.165) is 37.0 Å². The van der Waals surface area contributed by atoms with Gasteiger partial charge in [-0.05, 0) is 25.3 Å². The van der Waals surface area contributed by atoms with Gasteiger partial charge < -0.3 is 15.4 Å². The van der Waals surface area contributed by atoms with Crippen LogP contribution in [-0.2, 0) is 11.3 Å². The van der Waals surface area contributed by atoms with Crippen LogP contribution in [0.25, 0.3) is 0 Å². The molecule has 2 rings (SSSR count). The van der Waals surface area contributed by atoms with Gasteiger partial charge in [0.2, 0.25) is 5.91 Å². The predicted molar refractivity (Wildman–Crippen MR) is 79.4 cm³/mol. The van der Waals surface area contributed by atoms with Crippen LogP contribution in [0.1, 0.15) is 38.2 Å². The summed E-state index contributed by atoms with van der Waals surface area (Å²) in [6.45, 7) is 2.64. The third-order valence-electron chi connectivity index (χ3n) is 3.72. The number of amides is 1. The quantitative estimate of drug-likeness (QED) is 0.831. The van der Waals surface area contributed by atoms with E-state index in [1.165, 1.54) is 0 Å². The van der Waals surface area contributed by atoms with E-state index < -0.39 is 0 Å². The van der Waals surface area contributed by atoms with Gasteiger partial charge in [0.1, 0.15) is 5.75 Å². The van der Waals surface area contributed by atoms with E-state index in [4.69, 9.17) is 10.5 Å². The molecule has 1 aliphatic carbocycles. The Morgan fingerprint density at radius 2 is 2.15 bits per heavy atom. The van der Waals surface area contributed by atoms with Gasteiger partial charge in [0.15, 0.2) is 0 Å². The van der Waals surface area contributed by atoms with Gasteiger partial charge in [-0.1, -0.05) is 31.5 Å². The maximum absolute atomic E-state index is 12.5. The van der Waals surface area contributed by atoms with Crippen LogP contribution in [0.5, 0.6) is 5.75 Å². The van der Waals surface area contributed by atoms with Gasteiger partial charge in [-0.15, -0.1) is 0 Å². The summed E-state index contributed by atoms with van der Waals surface area (Å²) in [5.41, 5.74) is 7.04. The lowest BCUT2D eigenvalue weighted by atomic mass is 10.1. The minimum absolute atomic E-state index is 0.0697. The first kappa shape index (κ1) is 14.9.